The third-order valence-electron chi connectivity index (χ3n) is 3.09. The van der Waals surface area contributed by atoms with Crippen LogP contribution in [0.5, 0.6) is 0 Å². The predicted octanol–water partition coefficient (Wildman–Crippen LogP) is 4.10. The molecular formula is C15H19N3OS. The number of urea groups is 1. The number of hydrogen-bond donors (Lipinski definition) is 1. The van der Waals surface area contributed by atoms with Crippen LogP contribution in [0.15, 0.2) is 24.4 Å². The fourth-order valence-electron chi connectivity index (χ4n) is 2.02. The van der Waals surface area contributed by atoms with Gasteiger partial charge in [0.2, 0.25) is 0 Å². The molecule has 5 heteroatoms. The molecule has 2 aromatic rings. The van der Waals surface area contributed by atoms with Gasteiger partial charge in [-0.1, -0.05) is 31.5 Å². The van der Waals surface area contributed by atoms with E-state index in [1.165, 1.54) is 16.2 Å². The second-order valence-electron chi connectivity index (χ2n) is 5.16. The normalized spacial score (nSPS) is 10.8. The van der Waals surface area contributed by atoms with Gasteiger partial charge in [0.05, 0.1) is 5.69 Å². The minimum Gasteiger partial charge on any atom is -0.351 e. The minimum absolute atomic E-state index is 0.384. The molecule has 0 fully saturated rings. The van der Waals surface area contributed by atoms with Crippen molar-refractivity contribution in [2.45, 2.75) is 33.6 Å². The maximum absolute atomic E-state index is 11.8. The molecule has 0 saturated carbocycles. The van der Waals surface area contributed by atoms with Crippen LogP contribution < -0.4 is 10.6 Å². The number of primary amides is 1. The van der Waals surface area contributed by atoms with Gasteiger partial charge >= 0.3 is 6.03 Å². The molecule has 0 saturated heterocycles. The first kappa shape index (κ1) is 14.5. The van der Waals surface area contributed by atoms with Gasteiger partial charge in [-0.25, -0.2) is 14.7 Å². The summed E-state index contributed by atoms with van der Waals surface area (Å²) in [5.74, 6) is 0.384. The molecule has 2 amide bonds. The summed E-state index contributed by atoms with van der Waals surface area (Å²) >= 11 is 1.50. The molecule has 0 unspecified atom stereocenters. The number of aryl methyl sites for hydroxylation is 2. The number of amides is 2. The number of anilines is 2. The summed E-state index contributed by atoms with van der Waals surface area (Å²) in [5, 5.41) is 0.619. The fourth-order valence-corrected chi connectivity index (χ4v) is 2.96. The Morgan fingerprint density at radius 2 is 2.05 bits per heavy atom. The lowest BCUT2D eigenvalue weighted by molar-refractivity contribution is 0.256. The number of nitrogens with zero attached hydrogens (tertiary/aromatic N) is 2. The highest BCUT2D eigenvalue weighted by Crippen LogP contribution is 2.34. The average Bonchev–Trinajstić information content (AvgIpc) is 2.81. The smallest absolute Gasteiger partial charge is 0.325 e. The Hall–Kier alpha value is -1.88. The van der Waals surface area contributed by atoms with Gasteiger partial charge in [0, 0.05) is 11.1 Å². The van der Waals surface area contributed by atoms with Crippen molar-refractivity contribution in [1.82, 2.24) is 4.98 Å². The van der Waals surface area contributed by atoms with E-state index in [0.29, 0.717) is 11.0 Å². The summed E-state index contributed by atoms with van der Waals surface area (Å²) < 4.78 is 0. The fraction of sp³-hybridized carbons (Fsp3) is 0.333. The first-order valence-electron chi connectivity index (χ1n) is 6.52. The van der Waals surface area contributed by atoms with Crippen LogP contribution in [0.3, 0.4) is 0 Å². The summed E-state index contributed by atoms with van der Waals surface area (Å²) in [6.07, 6.45) is 1.81. The van der Waals surface area contributed by atoms with E-state index >= 15 is 0 Å². The Morgan fingerprint density at radius 3 is 2.55 bits per heavy atom. The van der Waals surface area contributed by atoms with Crippen molar-refractivity contribution in [3.8, 4) is 0 Å². The standard InChI is InChI=1S/C15H19N3OS/c1-9(2)13-8-17-15(20-13)18(14(16)19)12-6-5-10(3)7-11(12)4/h5-9H,1-4H3,(H2,16,19). The summed E-state index contributed by atoms with van der Waals surface area (Å²) in [7, 11) is 0. The van der Waals surface area contributed by atoms with Crippen molar-refractivity contribution in [3.05, 3.63) is 40.4 Å². The summed E-state index contributed by atoms with van der Waals surface area (Å²) in [6, 6.07) is 5.39. The Labute approximate surface area is 123 Å². The topological polar surface area (TPSA) is 59.2 Å². The second kappa shape index (κ2) is 5.63. The highest BCUT2D eigenvalue weighted by atomic mass is 32.1. The van der Waals surface area contributed by atoms with Gasteiger partial charge in [-0.3, -0.25) is 0 Å². The monoisotopic (exact) mass is 289 g/mol. The van der Waals surface area contributed by atoms with E-state index in [1.807, 2.05) is 38.2 Å². The van der Waals surface area contributed by atoms with Crippen molar-refractivity contribution in [2.24, 2.45) is 5.73 Å². The Balaban J connectivity index is 2.47. The number of carbonyl (C=O) groups is 1. The van der Waals surface area contributed by atoms with Crippen LogP contribution in [0, 0.1) is 13.8 Å². The first-order chi connectivity index (χ1) is 9.40. The number of carbonyl (C=O) groups excluding carboxylic acids is 1. The van der Waals surface area contributed by atoms with Gasteiger partial charge in [-0.05, 0) is 31.4 Å². The van der Waals surface area contributed by atoms with Gasteiger partial charge in [-0.2, -0.15) is 0 Å². The van der Waals surface area contributed by atoms with Crippen molar-refractivity contribution in [1.29, 1.82) is 0 Å². The lowest BCUT2D eigenvalue weighted by Crippen LogP contribution is -2.31. The molecule has 1 aromatic heterocycles. The molecule has 2 N–H and O–H groups in total. The molecule has 0 aliphatic rings. The third kappa shape index (κ3) is 2.82. The van der Waals surface area contributed by atoms with Crippen LogP contribution in [0.1, 0.15) is 35.8 Å². The summed E-state index contributed by atoms with van der Waals surface area (Å²) in [5.41, 5.74) is 8.49. The van der Waals surface area contributed by atoms with Gasteiger partial charge < -0.3 is 5.73 Å². The van der Waals surface area contributed by atoms with Crippen molar-refractivity contribution in [3.63, 3.8) is 0 Å². The van der Waals surface area contributed by atoms with E-state index in [-0.39, 0.29) is 0 Å². The van der Waals surface area contributed by atoms with E-state index < -0.39 is 6.03 Å². The van der Waals surface area contributed by atoms with Gasteiger partial charge in [0.15, 0.2) is 5.13 Å². The molecular weight excluding hydrogens is 270 g/mol. The van der Waals surface area contributed by atoms with Crippen molar-refractivity contribution in [2.75, 3.05) is 4.90 Å². The molecule has 2 rings (SSSR count). The van der Waals surface area contributed by atoms with E-state index in [2.05, 4.69) is 18.8 Å². The molecule has 20 heavy (non-hydrogen) atoms. The highest BCUT2D eigenvalue weighted by molar-refractivity contribution is 7.15. The Bertz CT molecular complexity index is 634. The van der Waals surface area contributed by atoms with E-state index in [0.717, 1.165) is 21.7 Å². The SMILES string of the molecule is Cc1ccc(N(C(N)=O)c2ncc(C(C)C)s2)c(C)c1. The van der Waals surface area contributed by atoms with E-state index in [4.69, 9.17) is 5.73 Å². The molecule has 0 spiro atoms. The van der Waals surface area contributed by atoms with Crippen LogP contribution in [-0.2, 0) is 0 Å². The predicted molar refractivity (Wildman–Crippen MR) is 83.8 cm³/mol. The van der Waals surface area contributed by atoms with E-state index in [9.17, 15) is 4.79 Å². The summed E-state index contributed by atoms with van der Waals surface area (Å²) in [4.78, 5) is 18.8. The quantitative estimate of drug-likeness (QED) is 0.924. The lowest BCUT2D eigenvalue weighted by Gasteiger charge is -2.19. The highest BCUT2D eigenvalue weighted by Gasteiger charge is 2.21. The molecule has 0 atom stereocenters. The zero-order chi connectivity index (χ0) is 14.9. The van der Waals surface area contributed by atoms with Gasteiger partial charge in [0.1, 0.15) is 0 Å². The number of benzene rings is 1. The largest absolute Gasteiger partial charge is 0.351 e. The lowest BCUT2D eigenvalue weighted by atomic mass is 10.1. The van der Waals surface area contributed by atoms with Gasteiger partial charge in [-0.15, -0.1) is 11.3 Å². The molecule has 0 radical (unpaired) electrons. The van der Waals surface area contributed by atoms with Crippen LogP contribution in [-0.4, -0.2) is 11.0 Å². The maximum atomic E-state index is 11.8. The minimum atomic E-state index is -0.512. The van der Waals surface area contributed by atoms with E-state index in [1.54, 1.807) is 0 Å². The first-order valence-corrected chi connectivity index (χ1v) is 7.34. The summed E-state index contributed by atoms with van der Waals surface area (Å²) in [6.45, 7) is 8.19. The van der Waals surface area contributed by atoms with Crippen LogP contribution >= 0.6 is 11.3 Å². The van der Waals surface area contributed by atoms with Crippen LogP contribution in [0.2, 0.25) is 0 Å². The number of aromatic nitrogens is 1. The molecule has 0 aliphatic carbocycles. The molecule has 1 aromatic carbocycles. The van der Waals surface area contributed by atoms with Crippen LogP contribution in [0.25, 0.3) is 0 Å². The maximum Gasteiger partial charge on any atom is 0.325 e. The number of thiazole rings is 1. The third-order valence-corrected chi connectivity index (χ3v) is 4.37. The average molecular weight is 289 g/mol. The molecule has 0 aliphatic heterocycles. The zero-order valence-corrected chi connectivity index (χ0v) is 13.0. The number of nitrogens with two attached hydrogens (primary N) is 1. The molecule has 106 valence electrons. The van der Waals surface area contributed by atoms with Gasteiger partial charge in [0.25, 0.3) is 0 Å². The van der Waals surface area contributed by atoms with Crippen molar-refractivity contribution >= 4 is 28.2 Å². The molecule has 1 heterocycles. The van der Waals surface area contributed by atoms with Crippen molar-refractivity contribution < 1.29 is 4.79 Å². The Kier molecular flexibility index (Phi) is 4.09. The second-order valence-corrected chi connectivity index (χ2v) is 6.20. The van der Waals surface area contributed by atoms with Crippen LogP contribution in [0.4, 0.5) is 15.6 Å². The number of hydrogen-bond acceptors (Lipinski definition) is 3. The number of rotatable bonds is 3. The zero-order valence-electron chi connectivity index (χ0n) is 12.2. The Morgan fingerprint density at radius 1 is 1.35 bits per heavy atom. The molecule has 0 bridgehead atoms. The molecule has 4 nitrogen and oxygen atoms in total.